The van der Waals surface area contributed by atoms with Crippen LogP contribution in [0.2, 0.25) is 0 Å². The van der Waals surface area contributed by atoms with Gasteiger partial charge in [-0.1, -0.05) is 42.5 Å². The number of benzene rings is 2. The molecule has 2 aromatic carbocycles. The Kier molecular flexibility index (Phi) is 9.06. The van der Waals surface area contributed by atoms with Gasteiger partial charge in [-0.25, -0.2) is 0 Å². The second-order valence-electron chi connectivity index (χ2n) is 4.71. The van der Waals surface area contributed by atoms with Gasteiger partial charge in [-0.3, -0.25) is 0 Å². The molecule has 0 saturated carbocycles. The molecule has 0 bridgehead atoms. The molecule has 0 aliphatic rings. The molecule has 0 amide bonds. The van der Waals surface area contributed by atoms with E-state index in [0.717, 1.165) is 25.2 Å². The highest BCUT2D eigenvalue weighted by molar-refractivity contribution is 5.85. The summed E-state index contributed by atoms with van der Waals surface area (Å²) in [4.78, 5) is 2.34. The molecule has 110 valence electrons. The Hall–Kier alpha value is -1.22. The minimum atomic E-state index is 0. The van der Waals surface area contributed by atoms with E-state index in [1.54, 1.807) is 0 Å². The summed E-state index contributed by atoms with van der Waals surface area (Å²) in [7, 11) is 2.16. The fourth-order valence-electron chi connectivity index (χ4n) is 1.98. The van der Waals surface area contributed by atoms with Gasteiger partial charge in [0.1, 0.15) is 0 Å². The van der Waals surface area contributed by atoms with Crippen LogP contribution < -0.4 is 5.73 Å². The van der Waals surface area contributed by atoms with Crippen molar-refractivity contribution in [1.29, 1.82) is 0 Å². The van der Waals surface area contributed by atoms with Crippen LogP contribution in [0.5, 0.6) is 0 Å². The number of nitrogen functional groups attached to an aromatic ring is 1. The highest BCUT2D eigenvalue weighted by atomic mass is 35.5. The van der Waals surface area contributed by atoms with Crippen LogP contribution in [0.1, 0.15) is 11.1 Å². The van der Waals surface area contributed by atoms with Gasteiger partial charge in [-0.2, -0.15) is 0 Å². The van der Waals surface area contributed by atoms with Gasteiger partial charge in [-0.15, -0.1) is 24.8 Å². The van der Waals surface area contributed by atoms with Crippen molar-refractivity contribution in [2.24, 2.45) is 0 Å². The number of hydrogen-bond acceptors (Lipinski definition) is 2. The van der Waals surface area contributed by atoms with E-state index < -0.39 is 0 Å². The second-order valence-corrected chi connectivity index (χ2v) is 4.71. The Morgan fingerprint density at radius 2 is 1.45 bits per heavy atom. The van der Waals surface area contributed by atoms with Crippen molar-refractivity contribution in [3.8, 4) is 0 Å². The molecule has 0 fully saturated rings. The summed E-state index contributed by atoms with van der Waals surface area (Å²) < 4.78 is 0. The van der Waals surface area contributed by atoms with E-state index in [2.05, 4.69) is 54.4 Å². The van der Waals surface area contributed by atoms with Crippen LogP contribution in [0.25, 0.3) is 0 Å². The second kappa shape index (κ2) is 9.65. The Bertz CT molecular complexity index is 472. The van der Waals surface area contributed by atoms with Gasteiger partial charge in [0.15, 0.2) is 0 Å². The highest BCUT2D eigenvalue weighted by Crippen LogP contribution is 2.08. The van der Waals surface area contributed by atoms with Gasteiger partial charge < -0.3 is 10.6 Å². The van der Waals surface area contributed by atoms with Crippen molar-refractivity contribution >= 4 is 30.5 Å². The van der Waals surface area contributed by atoms with E-state index >= 15 is 0 Å². The van der Waals surface area contributed by atoms with E-state index in [0.29, 0.717) is 0 Å². The lowest BCUT2D eigenvalue weighted by molar-refractivity contribution is 0.331. The SMILES string of the molecule is CN(CCc1ccc(N)cc1)Cc1ccccc1.Cl.Cl. The predicted octanol–water partition coefficient (Wildman–Crippen LogP) is 3.79. The van der Waals surface area contributed by atoms with Crippen LogP contribution in [-0.2, 0) is 13.0 Å². The van der Waals surface area contributed by atoms with Crippen LogP contribution in [-0.4, -0.2) is 18.5 Å². The molecule has 0 atom stereocenters. The zero-order valence-corrected chi connectivity index (χ0v) is 13.3. The molecule has 2 nitrogen and oxygen atoms in total. The molecular weight excluding hydrogens is 291 g/mol. The lowest BCUT2D eigenvalue weighted by atomic mass is 10.1. The molecule has 4 heteroatoms. The van der Waals surface area contributed by atoms with Gasteiger partial charge >= 0.3 is 0 Å². The highest BCUT2D eigenvalue weighted by Gasteiger charge is 2.00. The molecule has 0 aliphatic heterocycles. The molecule has 0 spiro atoms. The molecule has 0 aliphatic carbocycles. The maximum absolute atomic E-state index is 5.67. The van der Waals surface area contributed by atoms with Crippen LogP contribution in [0.4, 0.5) is 5.69 Å². The molecular formula is C16H22Cl2N2. The monoisotopic (exact) mass is 312 g/mol. The third-order valence-electron chi connectivity index (χ3n) is 3.06. The Balaban J connectivity index is 0.00000180. The maximum atomic E-state index is 5.67. The predicted molar refractivity (Wildman–Crippen MR) is 91.8 cm³/mol. The van der Waals surface area contributed by atoms with Crippen LogP contribution in [0.3, 0.4) is 0 Å². The molecule has 2 N–H and O–H groups in total. The van der Waals surface area contributed by atoms with Crippen LogP contribution in [0, 0.1) is 0 Å². The zero-order valence-electron chi connectivity index (χ0n) is 11.7. The van der Waals surface area contributed by atoms with Gasteiger partial charge in [0.25, 0.3) is 0 Å². The van der Waals surface area contributed by atoms with Crippen LogP contribution in [0.15, 0.2) is 54.6 Å². The normalized spacial score (nSPS) is 9.70. The average Bonchev–Trinajstić information content (AvgIpc) is 2.39. The van der Waals surface area contributed by atoms with E-state index in [9.17, 15) is 0 Å². The first kappa shape index (κ1) is 18.8. The van der Waals surface area contributed by atoms with E-state index in [1.807, 2.05) is 12.1 Å². The number of rotatable bonds is 5. The lowest BCUT2D eigenvalue weighted by Gasteiger charge is -2.16. The largest absolute Gasteiger partial charge is 0.399 e. The first-order valence-electron chi connectivity index (χ1n) is 6.31. The number of nitrogens with zero attached hydrogens (tertiary/aromatic N) is 1. The third kappa shape index (κ3) is 6.29. The van der Waals surface area contributed by atoms with E-state index in [1.165, 1.54) is 11.1 Å². The smallest absolute Gasteiger partial charge is 0.0314 e. The van der Waals surface area contributed by atoms with Crippen molar-refractivity contribution in [1.82, 2.24) is 4.90 Å². The summed E-state index contributed by atoms with van der Waals surface area (Å²) >= 11 is 0. The van der Waals surface area contributed by atoms with E-state index in [-0.39, 0.29) is 24.8 Å². The number of nitrogens with two attached hydrogens (primary N) is 1. The summed E-state index contributed by atoms with van der Waals surface area (Å²) in [6.07, 6.45) is 1.06. The standard InChI is InChI=1S/C16H20N2.2ClH/c1-18(13-15-5-3-2-4-6-15)12-11-14-7-9-16(17)10-8-14;;/h2-10H,11-13,17H2,1H3;2*1H. The molecule has 0 radical (unpaired) electrons. The molecule has 0 heterocycles. The lowest BCUT2D eigenvalue weighted by Crippen LogP contribution is -2.20. The maximum Gasteiger partial charge on any atom is 0.0314 e. The quantitative estimate of drug-likeness (QED) is 0.851. The van der Waals surface area contributed by atoms with Gasteiger partial charge in [0.05, 0.1) is 0 Å². The van der Waals surface area contributed by atoms with Crippen molar-refractivity contribution in [3.05, 3.63) is 65.7 Å². The van der Waals surface area contributed by atoms with Gasteiger partial charge in [0.2, 0.25) is 0 Å². The van der Waals surface area contributed by atoms with Crippen molar-refractivity contribution in [2.75, 3.05) is 19.3 Å². The molecule has 0 saturated heterocycles. The summed E-state index contributed by atoms with van der Waals surface area (Å²) in [5.74, 6) is 0. The fourth-order valence-corrected chi connectivity index (χ4v) is 1.98. The first-order chi connectivity index (χ1) is 8.74. The summed E-state index contributed by atoms with van der Waals surface area (Å²) in [5, 5.41) is 0. The first-order valence-corrected chi connectivity index (χ1v) is 6.31. The van der Waals surface area contributed by atoms with Gasteiger partial charge in [-0.05, 0) is 36.7 Å². The Morgan fingerprint density at radius 3 is 2.05 bits per heavy atom. The average molecular weight is 313 g/mol. The Labute approximate surface area is 133 Å². The summed E-state index contributed by atoms with van der Waals surface area (Å²) in [6.45, 7) is 2.05. The zero-order chi connectivity index (χ0) is 12.8. The summed E-state index contributed by atoms with van der Waals surface area (Å²) in [5.41, 5.74) is 9.20. The molecule has 0 unspecified atom stereocenters. The van der Waals surface area contributed by atoms with Gasteiger partial charge in [0, 0.05) is 18.8 Å². The molecule has 2 aromatic rings. The fraction of sp³-hybridized carbons (Fsp3) is 0.250. The number of hydrogen-bond donors (Lipinski definition) is 1. The third-order valence-corrected chi connectivity index (χ3v) is 3.06. The van der Waals surface area contributed by atoms with E-state index in [4.69, 9.17) is 5.73 Å². The minimum Gasteiger partial charge on any atom is -0.399 e. The molecule has 20 heavy (non-hydrogen) atoms. The van der Waals surface area contributed by atoms with Crippen molar-refractivity contribution in [2.45, 2.75) is 13.0 Å². The number of likely N-dealkylation sites (N-methyl/N-ethyl adjacent to an activating group) is 1. The van der Waals surface area contributed by atoms with Crippen LogP contribution >= 0.6 is 24.8 Å². The number of anilines is 1. The number of halogens is 2. The topological polar surface area (TPSA) is 29.3 Å². The molecule has 0 aromatic heterocycles. The molecule has 2 rings (SSSR count). The Morgan fingerprint density at radius 1 is 0.850 bits per heavy atom. The van der Waals surface area contributed by atoms with Crippen molar-refractivity contribution < 1.29 is 0 Å². The van der Waals surface area contributed by atoms with Crippen molar-refractivity contribution in [3.63, 3.8) is 0 Å². The minimum absolute atomic E-state index is 0. The summed E-state index contributed by atoms with van der Waals surface area (Å²) in [6, 6.07) is 18.7.